The van der Waals surface area contributed by atoms with Crippen LogP contribution in [0.5, 0.6) is 0 Å². The minimum atomic E-state index is -0.413. The van der Waals surface area contributed by atoms with Crippen molar-refractivity contribution in [2.24, 2.45) is 5.92 Å². The van der Waals surface area contributed by atoms with Crippen LogP contribution >= 0.6 is 0 Å². The molecule has 0 aliphatic heterocycles. The van der Waals surface area contributed by atoms with Gasteiger partial charge in [0.05, 0.1) is 13.7 Å². The van der Waals surface area contributed by atoms with E-state index in [0.717, 1.165) is 25.7 Å². The van der Waals surface area contributed by atoms with Gasteiger partial charge in [-0.15, -0.1) is 0 Å². The summed E-state index contributed by atoms with van der Waals surface area (Å²) in [6.07, 6.45) is 5.46. The summed E-state index contributed by atoms with van der Waals surface area (Å²) in [7, 11) is 3.12. The third kappa shape index (κ3) is 3.65. The normalized spacial score (nSPS) is 15.8. The molecule has 1 aromatic heterocycles. The number of amides is 1. The molecule has 0 saturated heterocycles. The number of hydrogen-bond acceptors (Lipinski definition) is 4. The van der Waals surface area contributed by atoms with Crippen molar-refractivity contribution >= 4 is 11.9 Å². The molecular weight excluding hydrogens is 270 g/mol. The molecule has 1 heterocycles. The number of nitrogens with zero attached hydrogens (tertiary/aromatic N) is 1. The van der Waals surface area contributed by atoms with Crippen molar-refractivity contribution in [1.82, 2.24) is 4.90 Å². The fourth-order valence-electron chi connectivity index (χ4n) is 2.91. The van der Waals surface area contributed by atoms with E-state index in [1.54, 1.807) is 24.9 Å². The van der Waals surface area contributed by atoms with Gasteiger partial charge in [0.2, 0.25) is 5.91 Å². The zero-order valence-corrected chi connectivity index (χ0v) is 13.0. The summed E-state index contributed by atoms with van der Waals surface area (Å²) in [6.45, 7) is 2.10. The fraction of sp³-hybridized carbons (Fsp3) is 0.625. The smallest absolute Gasteiger partial charge is 0.341 e. The summed E-state index contributed by atoms with van der Waals surface area (Å²) in [5, 5.41) is 0. The highest BCUT2D eigenvalue weighted by atomic mass is 16.5. The number of hydrogen-bond donors (Lipinski definition) is 0. The topological polar surface area (TPSA) is 59.8 Å². The van der Waals surface area contributed by atoms with E-state index >= 15 is 0 Å². The Morgan fingerprint density at radius 1 is 1.33 bits per heavy atom. The molecule has 1 aromatic rings. The first-order valence-corrected chi connectivity index (χ1v) is 7.45. The van der Waals surface area contributed by atoms with Crippen LogP contribution in [0.1, 0.15) is 54.0 Å². The molecule has 1 saturated carbocycles. The zero-order valence-electron chi connectivity index (χ0n) is 13.0. The van der Waals surface area contributed by atoms with Gasteiger partial charge in [-0.05, 0) is 25.8 Å². The Bertz CT molecular complexity index is 514. The average Bonchev–Trinajstić information content (AvgIpc) is 2.87. The van der Waals surface area contributed by atoms with Crippen LogP contribution in [0.25, 0.3) is 0 Å². The Morgan fingerprint density at radius 3 is 2.62 bits per heavy atom. The second kappa shape index (κ2) is 6.78. The van der Waals surface area contributed by atoms with Gasteiger partial charge in [-0.25, -0.2) is 4.79 Å². The molecule has 5 heteroatoms. The summed E-state index contributed by atoms with van der Waals surface area (Å²) in [6, 6.07) is 1.66. The molecule has 116 valence electrons. The lowest BCUT2D eigenvalue weighted by Crippen LogP contribution is -2.33. The number of methoxy groups -OCH3 is 1. The van der Waals surface area contributed by atoms with E-state index in [-0.39, 0.29) is 11.8 Å². The summed E-state index contributed by atoms with van der Waals surface area (Å²) in [5.74, 6) is 1.03. The summed E-state index contributed by atoms with van der Waals surface area (Å²) in [5.41, 5.74) is 0.422. The van der Waals surface area contributed by atoms with Crippen LogP contribution in [0, 0.1) is 12.8 Å². The number of ether oxygens (including phenoxy) is 1. The van der Waals surface area contributed by atoms with E-state index in [1.165, 1.54) is 13.5 Å². The Labute approximate surface area is 125 Å². The lowest BCUT2D eigenvalue weighted by atomic mass is 9.88. The highest BCUT2D eigenvalue weighted by molar-refractivity contribution is 5.90. The molecule has 0 unspecified atom stereocenters. The van der Waals surface area contributed by atoms with Gasteiger partial charge in [-0.1, -0.05) is 19.3 Å². The molecule has 0 atom stereocenters. The number of esters is 1. The monoisotopic (exact) mass is 293 g/mol. The Balaban J connectivity index is 2.00. The summed E-state index contributed by atoms with van der Waals surface area (Å²) < 4.78 is 10.2. The van der Waals surface area contributed by atoms with Gasteiger partial charge in [-0.3, -0.25) is 4.79 Å². The minimum absolute atomic E-state index is 0.139. The van der Waals surface area contributed by atoms with Crippen molar-refractivity contribution in [3.8, 4) is 0 Å². The van der Waals surface area contributed by atoms with E-state index in [4.69, 9.17) is 9.15 Å². The van der Waals surface area contributed by atoms with Crippen LogP contribution in [-0.4, -0.2) is 30.9 Å². The van der Waals surface area contributed by atoms with Gasteiger partial charge in [0.1, 0.15) is 17.1 Å². The largest absolute Gasteiger partial charge is 0.465 e. The molecular formula is C16H23NO4. The molecule has 0 spiro atoms. The first kappa shape index (κ1) is 15.6. The molecule has 0 N–H and O–H groups in total. The first-order chi connectivity index (χ1) is 10.0. The van der Waals surface area contributed by atoms with Crippen LogP contribution in [0.2, 0.25) is 0 Å². The van der Waals surface area contributed by atoms with Crippen LogP contribution in [0.4, 0.5) is 0 Å². The molecule has 5 nitrogen and oxygen atoms in total. The van der Waals surface area contributed by atoms with Crippen LogP contribution < -0.4 is 0 Å². The fourth-order valence-corrected chi connectivity index (χ4v) is 2.91. The highest BCUT2D eigenvalue weighted by Crippen LogP contribution is 2.26. The zero-order chi connectivity index (χ0) is 15.4. The Kier molecular flexibility index (Phi) is 5.04. The van der Waals surface area contributed by atoms with Gasteiger partial charge < -0.3 is 14.1 Å². The Morgan fingerprint density at radius 2 is 2.00 bits per heavy atom. The third-order valence-electron chi connectivity index (χ3n) is 4.10. The maximum atomic E-state index is 12.4. The van der Waals surface area contributed by atoms with Gasteiger partial charge in [-0.2, -0.15) is 0 Å². The number of carbonyl (C=O) groups excluding carboxylic acids is 2. The number of furan rings is 1. The number of aryl methyl sites for hydroxylation is 1. The molecule has 1 fully saturated rings. The van der Waals surface area contributed by atoms with Crippen molar-refractivity contribution in [2.45, 2.75) is 45.6 Å². The van der Waals surface area contributed by atoms with E-state index < -0.39 is 5.97 Å². The SMILES string of the molecule is COC(=O)c1cc(CN(C)C(=O)C2CCCCC2)oc1C. The highest BCUT2D eigenvalue weighted by Gasteiger charge is 2.25. The molecule has 1 aliphatic rings. The molecule has 1 aliphatic carbocycles. The second-order valence-corrected chi connectivity index (χ2v) is 5.70. The van der Waals surface area contributed by atoms with Crippen LogP contribution in [0.15, 0.2) is 10.5 Å². The van der Waals surface area contributed by atoms with Crippen molar-refractivity contribution in [3.63, 3.8) is 0 Å². The minimum Gasteiger partial charge on any atom is -0.465 e. The van der Waals surface area contributed by atoms with Gasteiger partial charge in [0.25, 0.3) is 0 Å². The maximum Gasteiger partial charge on any atom is 0.341 e. The lowest BCUT2D eigenvalue weighted by Gasteiger charge is -2.25. The van der Waals surface area contributed by atoms with E-state index in [9.17, 15) is 9.59 Å². The lowest BCUT2D eigenvalue weighted by molar-refractivity contribution is -0.136. The molecule has 2 rings (SSSR count). The summed E-state index contributed by atoms with van der Waals surface area (Å²) >= 11 is 0. The van der Waals surface area contributed by atoms with Gasteiger partial charge in [0.15, 0.2) is 0 Å². The third-order valence-corrected chi connectivity index (χ3v) is 4.10. The van der Waals surface area contributed by atoms with E-state index in [2.05, 4.69) is 0 Å². The quantitative estimate of drug-likeness (QED) is 0.801. The van der Waals surface area contributed by atoms with Crippen molar-refractivity contribution in [2.75, 3.05) is 14.2 Å². The Hall–Kier alpha value is -1.78. The van der Waals surface area contributed by atoms with Crippen molar-refractivity contribution in [3.05, 3.63) is 23.2 Å². The first-order valence-electron chi connectivity index (χ1n) is 7.45. The average molecular weight is 293 g/mol. The molecule has 21 heavy (non-hydrogen) atoms. The number of rotatable bonds is 4. The predicted octanol–water partition coefficient (Wildman–Crippen LogP) is 2.91. The standard InChI is InChI=1S/C16H23NO4/c1-11-14(16(19)20-3)9-13(21-11)10-17(2)15(18)12-7-5-4-6-8-12/h9,12H,4-8,10H2,1-3H3. The van der Waals surface area contributed by atoms with Crippen LogP contribution in [0.3, 0.4) is 0 Å². The van der Waals surface area contributed by atoms with Crippen molar-refractivity contribution in [1.29, 1.82) is 0 Å². The molecule has 0 aromatic carbocycles. The second-order valence-electron chi connectivity index (χ2n) is 5.70. The van der Waals surface area contributed by atoms with E-state index in [1.807, 2.05) is 0 Å². The van der Waals surface area contributed by atoms with E-state index in [0.29, 0.717) is 23.6 Å². The van der Waals surface area contributed by atoms with Crippen molar-refractivity contribution < 1.29 is 18.7 Å². The maximum absolute atomic E-state index is 12.4. The number of carbonyl (C=O) groups is 2. The van der Waals surface area contributed by atoms with Crippen LogP contribution in [-0.2, 0) is 16.1 Å². The molecule has 0 radical (unpaired) electrons. The summed E-state index contributed by atoms with van der Waals surface area (Å²) in [4.78, 5) is 25.6. The molecule has 0 bridgehead atoms. The molecule has 1 amide bonds. The van der Waals surface area contributed by atoms with Gasteiger partial charge >= 0.3 is 5.97 Å². The predicted molar refractivity (Wildman–Crippen MR) is 77.8 cm³/mol. The van der Waals surface area contributed by atoms with Gasteiger partial charge in [0, 0.05) is 13.0 Å².